The van der Waals surface area contributed by atoms with Gasteiger partial charge in [-0.3, -0.25) is 4.99 Å². The summed E-state index contributed by atoms with van der Waals surface area (Å²) >= 11 is 1.74. The molecule has 1 aliphatic rings. The molecule has 154 valence electrons. The standard InChI is InChI=1S/C21H27FN6S/c1-23-20(24-8-6-15-13-26-19-5-4-16(22)12-18(15)19)25-9-7-17-14-29-21(27-17)28-10-2-3-11-28/h4-5,12-14,26H,2-3,6-11H2,1H3,(H2,23,24,25). The van der Waals surface area contributed by atoms with Crippen LogP contribution in [0, 0.1) is 5.82 Å². The van der Waals surface area contributed by atoms with Gasteiger partial charge in [0.1, 0.15) is 5.82 Å². The molecule has 0 amide bonds. The lowest BCUT2D eigenvalue weighted by atomic mass is 10.1. The number of aromatic nitrogens is 2. The third-order valence-electron chi connectivity index (χ3n) is 5.23. The summed E-state index contributed by atoms with van der Waals surface area (Å²) in [6.07, 6.45) is 6.14. The predicted molar refractivity (Wildman–Crippen MR) is 119 cm³/mol. The number of aromatic amines is 1. The maximum absolute atomic E-state index is 13.5. The van der Waals surface area contributed by atoms with E-state index in [1.165, 1.54) is 18.9 Å². The maximum atomic E-state index is 13.5. The number of anilines is 1. The van der Waals surface area contributed by atoms with Gasteiger partial charge >= 0.3 is 0 Å². The summed E-state index contributed by atoms with van der Waals surface area (Å²) in [7, 11) is 1.77. The summed E-state index contributed by atoms with van der Waals surface area (Å²) in [4.78, 5) is 14.6. The minimum absolute atomic E-state index is 0.210. The SMILES string of the molecule is CN=C(NCCc1csc(N2CCCC2)n1)NCCc1c[nH]c2ccc(F)cc12. The van der Waals surface area contributed by atoms with Gasteiger partial charge in [-0.05, 0) is 43.0 Å². The van der Waals surface area contributed by atoms with Crippen LogP contribution in [-0.2, 0) is 12.8 Å². The lowest BCUT2D eigenvalue weighted by Gasteiger charge is -2.12. The smallest absolute Gasteiger partial charge is 0.190 e. The molecular formula is C21H27FN6S. The van der Waals surface area contributed by atoms with E-state index in [0.717, 1.165) is 72.3 Å². The fraction of sp³-hybridized carbons (Fsp3) is 0.429. The van der Waals surface area contributed by atoms with Crippen molar-refractivity contribution in [1.82, 2.24) is 20.6 Å². The van der Waals surface area contributed by atoms with Crippen LogP contribution in [0.2, 0.25) is 0 Å². The van der Waals surface area contributed by atoms with Gasteiger partial charge in [0.2, 0.25) is 0 Å². The number of aliphatic imine (C=N–C) groups is 1. The average Bonchev–Trinajstić information content (AvgIpc) is 3.47. The molecule has 0 unspecified atom stereocenters. The number of hydrogen-bond acceptors (Lipinski definition) is 4. The van der Waals surface area contributed by atoms with E-state index in [4.69, 9.17) is 4.98 Å². The monoisotopic (exact) mass is 414 g/mol. The summed E-state index contributed by atoms with van der Waals surface area (Å²) in [5.74, 6) is 0.560. The van der Waals surface area contributed by atoms with Crippen molar-refractivity contribution in [2.45, 2.75) is 25.7 Å². The summed E-state index contributed by atoms with van der Waals surface area (Å²) < 4.78 is 13.5. The molecule has 0 aliphatic carbocycles. The molecule has 0 bridgehead atoms. The van der Waals surface area contributed by atoms with Crippen molar-refractivity contribution in [3.8, 4) is 0 Å². The Kier molecular flexibility index (Phi) is 6.29. The van der Waals surface area contributed by atoms with Crippen molar-refractivity contribution >= 4 is 33.3 Å². The maximum Gasteiger partial charge on any atom is 0.190 e. The van der Waals surface area contributed by atoms with Gasteiger partial charge in [0.15, 0.2) is 11.1 Å². The molecule has 1 aromatic carbocycles. The van der Waals surface area contributed by atoms with Gasteiger partial charge in [-0.2, -0.15) is 0 Å². The van der Waals surface area contributed by atoms with E-state index < -0.39 is 0 Å². The molecule has 4 rings (SSSR count). The number of rotatable bonds is 7. The summed E-state index contributed by atoms with van der Waals surface area (Å²) in [5.41, 5.74) is 3.18. The van der Waals surface area contributed by atoms with Crippen molar-refractivity contribution in [1.29, 1.82) is 0 Å². The van der Waals surface area contributed by atoms with Crippen molar-refractivity contribution < 1.29 is 4.39 Å². The molecule has 0 atom stereocenters. The normalized spacial score (nSPS) is 14.7. The zero-order chi connectivity index (χ0) is 20.1. The second-order valence-corrected chi connectivity index (χ2v) is 8.08. The van der Waals surface area contributed by atoms with Gasteiger partial charge in [0, 0.05) is 62.1 Å². The Morgan fingerprint density at radius 2 is 2.03 bits per heavy atom. The minimum Gasteiger partial charge on any atom is -0.361 e. The van der Waals surface area contributed by atoms with Crippen LogP contribution in [0.15, 0.2) is 34.8 Å². The van der Waals surface area contributed by atoms with Crippen LogP contribution in [0.1, 0.15) is 24.1 Å². The van der Waals surface area contributed by atoms with Crippen molar-refractivity contribution in [3.05, 3.63) is 46.9 Å². The van der Waals surface area contributed by atoms with E-state index in [0.29, 0.717) is 0 Å². The Balaban J connectivity index is 1.22. The fourth-order valence-corrected chi connectivity index (χ4v) is 4.58. The zero-order valence-corrected chi connectivity index (χ0v) is 17.5. The first-order valence-corrected chi connectivity index (χ1v) is 11.0. The summed E-state index contributed by atoms with van der Waals surface area (Å²) in [6.45, 7) is 3.76. The van der Waals surface area contributed by atoms with Crippen molar-refractivity contribution in [2.75, 3.05) is 38.1 Å². The molecule has 8 heteroatoms. The zero-order valence-electron chi connectivity index (χ0n) is 16.7. The van der Waals surface area contributed by atoms with E-state index in [2.05, 4.69) is 30.9 Å². The minimum atomic E-state index is -0.210. The molecule has 0 radical (unpaired) electrons. The molecule has 6 nitrogen and oxygen atoms in total. The van der Waals surface area contributed by atoms with Crippen LogP contribution < -0.4 is 15.5 Å². The molecule has 0 saturated carbocycles. The number of nitrogens with zero attached hydrogens (tertiary/aromatic N) is 3. The number of hydrogen-bond donors (Lipinski definition) is 3. The van der Waals surface area contributed by atoms with E-state index in [1.54, 1.807) is 30.5 Å². The van der Waals surface area contributed by atoms with E-state index >= 15 is 0 Å². The summed E-state index contributed by atoms with van der Waals surface area (Å²) in [5, 5.41) is 10.9. The molecule has 1 fully saturated rings. The number of H-pyrrole nitrogens is 1. The molecule has 3 heterocycles. The Bertz CT molecular complexity index is 973. The highest BCUT2D eigenvalue weighted by Crippen LogP contribution is 2.24. The largest absolute Gasteiger partial charge is 0.361 e. The van der Waals surface area contributed by atoms with Crippen LogP contribution in [0.25, 0.3) is 10.9 Å². The van der Waals surface area contributed by atoms with Crippen LogP contribution in [0.5, 0.6) is 0 Å². The Morgan fingerprint density at radius 3 is 2.83 bits per heavy atom. The van der Waals surface area contributed by atoms with Crippen molar-refractivity contribution in [3.63, 3.8) is 0 Å². The molecule has 0 spiro atoms. The van der Waals surface area contributed by atoms with Crippen LogP contribution in [0.4, 0.5) is 9.52 Å². The first-order chi connectivity index (χ1) is 14.2. The number of guanidine groups is 1. The Hall–Kier alpha value is -2.61. The molecule has 3 aromatic rings. The van der Waals surface area contributed by atoms with E-state index in [1.807, 2.05) is 6.20 Å². The van der Waals surface area contributed by atoms with Gasteiger partial charge in [0.05, 0.1) is 5.69 Å². The quantitative estimate of drug-likeness (QED) is 0.410. The lowest BCUT2D eigenvalue weighted by molar-refractivity contribution is 0.629. The third-order valence-corrected chi connectivity index (χ3v) is 6.18. The lowest BCUT2D eigenvalue weighted by Crippen LogP contribution is -2.39. The van der Waals surface area contributed by atoms with E-state index in [9.17, 15) is 4.39 Å². The van der Waals surface area contributed by atoms with Gasteiger partial charge < -0.3 is 20.5 Å². The molecular weight excluding hydrogens is 387 g/mol. The van der Waals surface area contributed by atoms with Crippen molar-refractivity contribution in [2.24, 2.45) is 4.99 Å². The van der Waals surface area contributed by atoms with Crippen LogP contribution >= 0.6 is 11.3 Å². The highest BCUT2D eigenvalue weighted by atomic mass is 32.1. The number of benzene rings is 1. The van der Waals surface area contributed by atoms with Gasteiger partial charge in [-0.1, -0.05) is 0 Å². The molecule has 1 saturated heterocycles. The highest BCUT2D eigenvalue weighted by molar-refractivity contribution is 7.13. The molecule has 3 N–H and O–H groups in total. The summed E-state index contributed by atoms with van der Waals surface area (Å²) in [6, 6.07) is 4.83. The average molecular weight is 415 g/mol. The second-order valence-electron chi connectivity index (χ2n) is 7.25. The van der Waals surface area contributed by atoms with Gasteiger partial charge in [0.25, 0.3) is 0 Å². The topological polar surface area (TPSA) is 68.3 Å². The van der Waals surface area contributed by atoms with Crippen LogP contribution in [-0.4, -0.2) is 49.2 Å². The fourth-order valence-electron chi connectivity index (χ4n) is 3.67. The number of fused-ring (bicyclic) bond motifs is 1. The first kappa shape index (κ1) is 19.7. The second kappa shape index (κ2) is 9.26. The molecule has 29 heavy (non-hydrogen) atoms. The number of thiazole rings is 1. The first-order valence-electron chi connectivity index (χ1n) is 10.1. The predicted octanol–water partition coefficient (Wildman–Crippen LogP) is 3.31. The third kappa shape index (κ3) is 4.87. The van der Waals surface area contributed by atoms with Gasteiger partial charge in [-0.25, -0.2) is 9.37 Å². The molecule has 1 aliphatic heterocycles. The van der Waals surface area contributed by atoms with E-state index in [-0.39, 0.29) is 5.82 Å². The molecule has 2 aromatic heterocycles. The Labute approximate surface area is 174 Å². The van der Waals surface area contributed by atoms with Gasteiger partial charge in [-0.15, -0.1) is 11.3 Å². The highest BCUT2D eigenvalue weighted by Gasteiger charge is 2.15. The number of nitrogens with one attached hydrogen (secondary N) is 3. The number of halogens is 1. The Morgan fingerprint density at radius 1 is 1.24 bits per heavy atom. The van der Waals surface area contributed by atoms with Crippen LogP contribution in [0.3, 0.4) is 0 Å².